The average molecular weight is 248 g/mol. The van der Waals surface area contributed by atoms with Gasteiger partial charge in [0.2, 0.25) is 0 Å². The third-order valence-corrected chi connectivity index (χ3v) is 3.31. The van der Waals surface area contributed by atoms with Gasteiger partial charge in [-0.05, 0) is 38.7 Å². The van der Waals surface area contributed by atoms with Crippen molar-refractivity contribution >= 4 is 18.7 Å². The lowest BCUT2D eigenvalue weighted by Gasteiger charge is -2.38. The molecule has 0 amide bonds. The molecule has 0 aliphatic rings. The quantitative estimate of drug-likeness (QED) is 0.778. The highest BCUT2D eigenvalue weighted by atomic mass is 16.5. The summed E-state index contributed by atoms with van der Waals surface area (Å²) in [5.41, 5.74) is -0.360. The zero-order valence-corrected chi connectivity index (χ0v) is 11.5. The van der Waals surface area contributed by atoms with Crippen LogP contribution in [0.25, 0.3) is 6.08 Å². The monoisotopic (exact) mass is 248 g/mol. The molecule has 0 saturated heterocycles. The molecule has 3 nitrogen and oxygen atoms in total. The fourth-order valence-electron chi connectivity index (χ4n) is 1.33. The molecule has 0 unspecified atom stereocenters. The van der Waals surface area contributed by atoms with Gasteiger partial charge in [-0.1, -0.05) is 36.9 Å². The number of rotatable bonds is 5. The van der Waals surface area contributed by atoms with E-state index in [1.165, 1.54) is 0 Å². The Bertz CT molecular complexity index is 421. The summed E-state index contributed by atoms with van der Waals surface area (Å²) in [4.78, 5) is 0. The third kappa shape index (κ3) is 3.45. The molecule has 98 valence electrons. The number of hydrogen-bond donors (Lipinski definition) is 2. The summed E-state index contributed by atoms with van der Waals surface area (Å²) in [6, 6.07) is 7.30. The molecule has 0 aliphatic heterocycles. The molecule has 2 N–H and O–H groups in total. The molecule has 1 aromatic rings. The Morgan fingerprint density at radius 3 is 2.39 bits per heavy atom. The summed E-state index contributed by atoms with van der Waals surface area (Å²) in [6.07, 6.45) is 1.71. The van der Waals surface area contributed by atoms with Crippen LogP contribution in [0.3, 0.4) is 0 Å². The van der Waals surface area contributed by atoms with Gasteiger partial charge in [-0.25, -0.2) is 0 Å². The summed E-state index contributed by atoms with van der Waals surface area (Å²) in [5, 5.41) is 20.1. The number of hydrogen-bond acceptors (Lipinski definition) is 3. The lowest BCUT2D eigenvalue weighted by molar-refractivity contribution is -0.0982. The summed E-state index contributed by atoms with van der Waals surface area (Å²) in [7, 11) is -1.08. The minimum Gasteiger partial charge on any atom is -0.423 e. The van der Waals surface area contributed by atoms with Gasteiger partial charge in [0, 0.05) is 0 Å². The molecule has 0 fully saturated rings. The highest BCUT2D eigenvalue weighted by molar-refractivity contribution is 6.60. The first-order chi connectivity index (χ1) is 8.17. The fraction of sp³-hybridized carbons (Fsp3) is 0.429. The lowest BCUT2D eigenvalue weighted by Crippen LogP contribution is -2.53. The molecule has 1 rings (SSSR count). The standard InChI is InChI=1S/C14H21BO3/c1-6-11-8-7-9-12(10-11)15(17)18-14(4,5)13(2,3)16/h6-10,16-17H,1H2,2-5H3. The normalized spacial score (nSPS) is 12.3. The van der Waals surface area contributed by atoms with Crippen LogP contribution in [0.1, 0.15) is 33.3 Å². The lowest BCUT2D eigenvalue weighted by atomic mass is 9.76. The van der Waals surface area contributed by atoms with E-state index in [0.717, 1.165) is 5.56 Å². The molecule has 0 bridgehead atoms. The zero-order valence-electron chi connectivity index (χ0n) is 11.5. The molecule has 0 atom stereocenters. The third-order valence-electron chi connectivity index (χ3n) is 3.31. The van der Waals surface area contributed by atoms with Gasteiger partial charge in [0.15, 0.2) is 0 Å². The van der Waals surface area contributed by atoms with Crippen LogP contribution in [0.5, 0.6) is 0 Å². The Balaban J connectivity index is 2.88. The van der Waals surface area contributed by atoms with E-state index in [1.54, 1.807) is 45.9 Å². The fourth-order valence-corrected chi connectivity index (χ4v) is 1.33. The SMILES string of the molecule is C=Cc1cccc(B(O)OC(C)(C)C(C)(C)O)c1. The second-order valence-corrected chi connectivity index (χ2v) is 5.41. The maximum absolute atomic E-state index is 10.1. The number of benzene rings is 1. The van der Waals surface area contributed by atoms with Crippen molar-refractivity contribution < 1.29 is 14.8 Å². The molecule has 4 heteroatoms. The van der Waals surface area contributed by atoms with Crippen molar-refractivity contribution in [3.63, 3.8) is 0 Å². The second kappa shape index (κ2) is 5.27. The highest BCUT2D eigenvalue weighted by Crippen LogP contribution is 2.25. The van der Waals surface area contributed by atoms with Crippen molar-refractivity contribution in [2.75, 3.05) is 0 Å². The van der Waals surface area contributed by atoms with Gasteiger partial charge in [-0.15, -0.1) is 0 Å². The van der Waals surface area contributed by atoms with Crippen molar-refractivity contribution in [3.8, 4) is 0 Å². The maximum atomic E-state index is 10.1. The number of aliphatic hydroxyl groups is 1. The zero-order chi connectivity index (χ0) is 14.0. The van der Waals surface area contributed by atoms with Crippen molar-refractivity contribution in [2.24, 2.45) is 0 Å². The molecule has 1 aromatic carbocycles. The van der Waals surface area contributed by atoms with Crippen molar-refractivity contribution in [1.82, 2.24) is 0 Å². The first-order valence-electron chi connectivity index (χ1n) is 5.98. The Hall–Kier alpha value is -1.10. The summed E-state index contributed by atoms with van der Waals surface area (Å²) in [6.45, 7) is 10.5. The molecular formula is C14H21BO3. The van der Waals surface area contributed by atoms with E-state index < -0.39 is 18.3 Å². The van der Waals surface area contributed by atoms with Crippen LogP contribution in [-0.4, -0.2) is 28.5 Å². The average Bonchev–Trinajstić information content (AvgIpc) is 2.27. The molecule has 0 aliphatic carbocycles. The summed E-state index contributed by atoms with van der Waals surface area (Å²) in [5.74, 6) is 0. The van der Waals surface area contributed by atoms with Gasteiger partial charge in [-0.3, -0.25) is 0 Å². The summed E-state index contributed by atoms with van der Waals surface area (Å²) >= 11 is 0. The van der Waals surface area contributed by atoms with E-state index in [-0.39, 0.29) is 0 Å². The van der Waals surface area contributed by atoms with Crippen molar-refractivity contribution in [1.29, 1.82) is 0 Å². The van der Waals surface area contributed by atoms with E-state index in [1.807, 2.05) is 12.1 Å². The molecule has 0 spiro atoms. The van der Waals surface area contributed by atoms with E-state index in [9.17, 15) is 10.1 Å². The maximum Gasteiger partial charge on any atom is 0.491 e. The molecular weight excluding hydrogens is 227 g/mol. The predicted molar refractivity (Wildman–Crippen MR) is 75.6 cm³/mol. The van der Waals surface area contributed by atoms with Crippen LogP contribution in [0.2, 0.25) is 0 Å². The van der Waals surface area contributed by atoms with E-state index in [2.05, 4.69) is 6.58 Å². The van der Waals surface area contributed by atoms with Crippen LogP contribution in [0, 0.1) is 0 Å². The largest absolute Gasteiger partial charge is 0.491 e. The van der Waals surface area contributed by atoms with Crippen LogP contribution in [0.4, 0.5) is 0 Å². The molecule has 0 aromatic heterocycles. The minimum absolute atomic E-state index is 0.643. The molecule has 0 heterocycles. The first-order valence-corrected chi connectivity index (χ1v) is 5.98. The van der Waals surface area contributed by atoms with Crippen LogP contribution >= 0.6 is 0 Å². The smallest absolute Gasteiger partial charge is 0.423 e. The van der Waals surface area contributed by atoms with Gasteiger partial charge < -0.3 is 14.8 Å². The Labute approximate surface area is 109 Å². The summed E-state index contributed by atoms with van der Waals surface area (Å²) < 4.78 is 5.56. The van der Waals surface area contributed by atoms with Gasteiger partial charge >= 0.3 is 7.12 Å². The highest BCUT2D eigenvalue weighted by Gasteiger charge is 2.39. The van der Waals surface area contributed by atoms with Crippen molar-refractivity contribution in [3.05, 3.63) is 36.4 Å². The Morgan fingerprint density at radius 2 is 1.89 bits per heavy atom. The van der Waals surface area contributed by atoms with Gasteiger partial charge in [0.05, 0.1) is 11.2 Å². The van der Waals surface area contributed by atoms with Gasteiger partial charge in [0.25, 0.3) is 0 Å². The Morgan fingerprint density at radius 1 is 1.28 bits per heavy atom. The van der Waals surface area contributed by atoms with Gasteiger partial charge in [0.1, 0.15) is 0 Å². The van der Waals surface area contributed by atoms with Gasteiger partial charge in [-0.2, -0.15) is 0 Å². The minimum atomic E-state index is -1.08. The first kappa shape index (κ1) is 15.0. The van der Waals surface area contributed by atoms with Crippen LogP contribution in [-0.2, 0) is 4.65 Å². The topological polar surface area (TPSA) is 49.7 Å². The molecule has 0 radical (unpaired) electrons. The molecule has 0 saturated carbocycles. The van der Waals surface area contributed by atoms with E-state index >= 15 is 0 Å². The van der Waals surface area contributed by atoms with E-state index in [0.29, 0.717) is 5.46 Å². The molecule has 18 heavy (non-hydrogen) atoms. The van der Waals surface area contributed by atoms with Crippen molar-refractivity contribution in [2.45, 2.75) is 38.9 Å². The van der Waals surface area contributed by atoms with Crippen LogP contribution in [0.15, 0.2) is 30.8 Å². The van der Waals surface area contributed by atoms with Crippen LogP contribution < -0.4 is 5.46 Å². The predicted octanol–water partition coefficient (Wildman–Crippen LogP) is 1.58. The Kier molecular flexibility index (Phi) is 4.38. The second-order valence-electron chi connectivity index (χ2n) is 5.41. The van der Waals surface area contributed by atoms with E-state index in [4.69, 9.17) is 4.65 Å².